The number of rotatable bonds is 5. The molecule has 4 heterocycles. The molecule has 0 radical (unpaired) electrons. The van der Waals surface area contributed by atoms with Crippen LogP contribution in [0.15, 0.2) is 24.4 Å². The summed E-state index contributed by atoms with van der Waals surface area (Å²) in [5.41, 5.74) is 4.29. The lowest BCUT2D eigenvalue weighted by Gasteiger charge is -2.27. The molecule has 1 aliphatic carbocycles. The molecule has 1 saturated carbocycles. The number of amides is 1. The Bertz CT molecular complexity index is 1080. The van der Waals surface area contributed by atoms with Crippen LogP contribution in [0.3, 0.4) is 0 Å². The van der Waals surface area contributed by atoms with Gasteiger partial charge in [-0.3, -0.25) is 9.48 Å². The maximum atomic E-state index is 13.1. The third-order valence-corrected chi connectivity index (χ3v) is 6.17. The molecule has 3 aromatic heterocycles. The summed E-state index contributed by atoms with van der Waals surface area (Å²) in [6, 6.07) is 6.08. The van der Waals surface area contributed by atoms with Crippen molar-refractivity contribution in [3.05, 3.63) is 46.9 Å². The third kappa shape index (κ3) is 3.64. The number of aromatic nitrogens is 4. The second kappa shape index (κ2) is 7.70. The minimum atomic E-state index is -0.0829. The molecular formula is C23H28N6O. The van der Waals surface area contributed by atoms with Crippen LogP contribution in [0, 0.1) is 6.92 Å². The van der Waals surface area contributed by atoms with Crippen LogP contribution in [-0.2, 0) is 13.6 Å². The Kier molecular flexibility index (Phi) is 4.89. The number of carbonyl (C=O) groups is 1. The second-order valence-corrected chi connectivity index (χ2v) is 8.53. The molecule has 0 atom stereocenters. The van der Waals surface area contributed by atoms with Crippen molar-refractivity contribution in [2.45, 2.75) is 51.5 Å². The predicted molar refractivity (Wildman–Crippen MR) is 117 cm³/mol. The predicted octanol–water partition coefficient (Wildman–Crippen LogP) is 3.47. The third-order valence-electron chi connectivity index (χ3n) is 6.17. The molecular weight excluding hydrogens is 376 g/mol. The van der Waals surface area contributed by atoms with Crippen molar-refractivity contribution in [1.29, 1.82) is 0 Å². The highest BCUT2D eigenvalue weighted by Crippen LogP contribution is 2.40. The van der Waals surface area contributed by atoms with Crippen LogP contribution < -0.4 is 10.2 Å². The summed E-state index contributed by atoms with van der Waals surface area (Å²) < 4.78 is 1.77. The van der Waals surface area contributed by atoms with E-state index in [1.54, 1.807) is 4.68 Å². The summed E-state index contributed by atoms with van der Waals surface area (Å²) in [4.78, 5) is 24.8. The Hall–Kier alpha value is -2.96. The number of carbonyl (C=O) groups excluding carboxylic acids is 1. The van der Waals surface area contributed by atoms with Crippen LogP contribution in [0.1, 0.15) is 65.3 Å². The molecule has 1 aliphatic heterocycles. The zero-order chi connectivity index (χ0) is 20.7. The van der Waals surface area contributed by atoms with Crippen LogP contribution in [-0.4, -0.2) is 38.7 Å². The van der Waals surface area contributed by atoms with E-state index in [4.69, 9.17) is 4.98 Å². The fraction of sp³-hybridized carbons (Fsp3) is 0.478. The lowest BCUT2D eigenvalue weighted by atomic mass is 10.1. The summed E-state index contributed by atoms with van der Waals surface area (Å²) in [6.45, 7) is 4.54. The maximum Gasteiger partial charge on any atom is 0.252 e. The van der Waals surface area contributed by atoms with E-state index >= 15 is 0 Å². The lowest BCUT2D eigenvalue weighted by Crippen LogP contribution is -2.30. The number of nitrogens with one attached hydrogen (secondary N) is 1. The van der Waals surface area contributed by atoms with Gasteiger partial charge in [-0.25, -0.2) is 9.97 Å². The number of aryl methyl sites for hydroxylation is 2. The topological polar surface area (TPSA) is 75.9 Å². The van der Waals surface area contributed by atoms with Gasteiger partial charge >= 0.3 is 0 Å². The summed E-state index contributed by atoms with van der Waals surface area (Å²) >= 11 is 0. The highest BCUT2D eigenvalue weighted by molar-refractivity contribution is 6.06. The highest BCUT2D eigenvalue weighted by Gasteiger charge is 2.28. The van der Waals surface area contributed by atoms with Crippen LogP contribution >= 0.6 is 0 Å². The fourth-order valence-electron chi connectivity index (χ4n) is 4.34. The van der Waals surface area contributed by atoms with Gasteiger partial charge < -0.3 is 10.2 Å². The van der Waals surface area contributed by atoms with Crippen molar-refractivity contribution in [3.63, 3.8) is 0 Å². The number of pyridine rings is 2. The van der Waals surface area contributed by atoms with Crippen molar-refractivity contribution in [2.24, 2.45) is 7.05 Å². The Morgan fingerprint density at radius 3 is 2.70 bits per heavy atom. The lowest BCUT2D eigenvalue weighted by molar-refractivity contribution is 0.0952. The van der Waals surface area contributed by atoms with Gasteiger partial charge in [0.2, 0.25) is 0 Å². The molecule has 7 nitrogen and oxygen atoms in total. The molecule has 1 N–H and O–H groups in total. The first kappa shape index (κ1) is 19.0. The first-order valence-corrected chi connectivity index (χ1v) is 10.9. The van der Waals surface area contributed by atoms with E-state index in [-0.39, 0.29) is 5.91 Å². The average molecular weight is 405 g/mol. The van der Waals surface area contributed by atoms with Gasteiger partial charge in [-0.2, -0.15) is 5.10 Å². The van der Waals surface area contributed by atoms with Crippen molar-refractivity contribution in [1.82, 2.24) is 25.1 Å². The summed E-state index contributed by atoms with van der Waals surface area (Å²) in [5.74, 6) is 1.42. The monoisotopic (exact) mass is 404 g/mol. The molecule has 0 bridgehead atoms. The number of hydrogen-bond donors (Lipinski definition) is 1. The molecule has 0 aromatic carbocycles. The molecule has 7 heteroatoms. The van der Waals surface area contributed by atoms with Gasteiger partial charge in [0, 0.05) is 44.5 Å². The van der Waals surface area contributed by atoms with Gasteiger partial charge in [0.1, 0.15) is 5.82 Å². The quantitative estimate of drug-likeness (QED) is 0.705. The van der Waals surface area contributed by atoms with Crippen molar-refractivity contribution < 1.29 is 4.79 Å². The van der Waals surface area contributed by atoms with Crippen LogP contribution in [0.4, 0.5) is 5.82 Å². The highest BCUT2D eigenvalue weighted by atomic mass is 16.1. The number of piperidine rings is 1. The second-order valence-electron chi connectivity index (χ2n) is 8.53. The number of anilines is 1. The van der Waals surface area contributed by atoms with E-state index in [1.807, 2.05) is 26.2 Å². The van der Waals surface area contributed by atoms with Gasteiger partial charge in [0.05, 0.1) is 16.6 Å². The van der Waals surface area contributed by atoms with E-state index in [1.165, 1.54) is 19.3 Å². The Balaban J connectivity index is 1.33. The van der Waals surface area contributed by atoms with Crippen molar-refractivity contribution in [3.8, 4) is 0 Å². The maximum absolute atomic E-state index is 13.1. The summed E-state index contributed by atoms with van der Waals surface area (Å²) in [5, 5.41) is 8.40. The van der Waals surface area contributed by atoms with Crippen LogP contribution in [0.25, 0.3) is 11.0 Å². The molecule has 2 aliphatic rings. The summed E-state index contributed by atoms with van der Waals surface area (Å²) in [6.07, 6.45) is 7.93. The first-order chi connectivity index (χ1) is 14.6. The van der Waals surface area contributed by atoms with Crippen molar-refractivity contribution in [2.75, 3.05) is 18.0 Å². The zero-order valence-electron chi connectivity index (χ0n) is 17.7. The molecule has 0 unspecified atom stereocenters. The Morgan fingerprint density at radius 1 is 1.20 bits per heavy atom. The van der Waals surface area contributed by atoms with E-state index in [0.717, 1.165) is 59.7 Å². The zero-order valence-corrected chi connectivity index (χ0v) is 17.7. The average Bonchev–Trinajstić information content (AvgIpc) is 3.59. The van der Waals surface area contributed by atoms with E-state index in [9.17, 15) is 4.79 Å². The van der Waals surface area contributed by atoms with E-state index in [2.05, 4.69) is 32.4 Å². The molecule has 3 aromatic rings. The van der Waals surface area contributed by atoms with Gasteiger partial charge in [-0.15, -0.1) is 0 Å². The van der Waals surface area contributed by atoms with Gasteiger partial charge in [-0.05, 0) is 56.7 Å². The molecule has 156 valence electrons. The Morgan fingerprint density at radius 2 is 2.00 bits per heavy atom. The summed E-state index contributed by atoms with van der Waals surface area (Å²) in [7, 11) is 1.89. The SMILES string of the molecule is Cc1nn(C)c2nc(C3CC3)cc(C(=O)NCc3ccc(N4CCCCC4)nc3)c12. The molecule has 30 heavy (non-hydrogen) atoms. The fourth-order valence-corrected chi connectivity index (χ4v) is 4.34. The molecule has 2 fully saturated rings. The van der Waals surface area contributed by atoms with Crippen LogP contribution in [0.5, 0.6) is 0 Å². The number of fused-ring (bicyclic) bond motifs is 1. The standard InChI is InChI=1S/C23H28N6O/c1-15-21-18(12-19(17-7-8-17)26-22(21)28(2)27-15)23(30)25-14-16-6-9-20(24-13-16)29-10-4-3-5-11-29/h6,9,12-13,17H,3-5,7-8,10-11,14H2,1-2H3,(H,25,30). The normalized spacial score (nSPS) is 16.8. The Labute approximate surface area is 176 Å². The minimum Gasteiger partial charge on any atom is -0.357 e. The number of nitrogens with zero attached hydrogens (tertiary/aromatic N) is 5. The molecule has 1 amide bonds. The van der Waals surface area contributed by atoms with Gasteiger partial charge in [-0.1, -0.05) is 6.07 Å². The molecule has 5 rings (SSSR count). The van der Waals surface area contributed by atoms with Crippen molar-refractivity contribution >= 4 is 22.8 Å². The minimum absolute atomic E-state index is 0.0829. The van der Waals surface area contributed by atoms with Crippen LogP contribution in [0.2, 0.25) is 0 Å². The van der Waals surface area contributed by atoms with E-state index in [0.29, 0.717) is 18.0 Å². The smallest absolute Gasteiger partial charge is 0.252 e. The van der Waals surface area contributed by atoms with Gasteiger partial charge in [0.15, 0.2) is 5.65 Å². The van der Waals surface area contributed by atoms with Gasteiger partial charge in [0.25, 0.3) is 5.91 Å². The van der Waals surface area contributed by atoms with E-state index < -0.39 is 0 Å². The first-order valence-electron chi connectivity index (χ1n) is 10.9. The molecule has 1 saturated heterocycles. The largest absolute Gasteiger partial charge is 0.357 e. The molecule has 0 spiro atoms. The number of hydrogen-bond acceptors (Lipinski definition) is 5.